The van der Waals surface area contributed by atoms with E-state index in [9.17, 15) is 9.59 Å². The highest BCUT2D eigenvalue weighted by molar-refractivity contribution is 6.08. The Kier molecular flexibility index (Phi) is 6.79. The van der Waals surface area contributed by atoms with Crippen LogP contribution < -0.4 is 10.6 Å². The Morgan fingerprint density at radius 3 is 2.48 bits per heavy atom. The molecule has 0 saturated heterocycles. The number of nitrogens with zero attached hydrogens (tertiary/aromatic N) is 1. The van der Waals surface area contributed by atoms with Crippen LogP contribution in [0.1, 0.15) is 46.0 Å². The number of para-hydroxylation sites is 1. The molecule has 1 heterocycles. The molecule has 3 N–H and O–H groups in total. The van der Waals surface area contributed by atoms with E-state index in [4.69, 9.17) is 0 Å². The first-order chi connectivity index (χ1) is 14.0. The summed E-state index contributed by atoms with van der Waals surface area (Å²) in [4.78, 5) is 25.2. The van der Waals surface area contributed by atoms with Gasteiger partial charge in [0.2, 0.25) is 0 Å². The first-order valence-corrected chi connectivity index (χ1v) is 9.79. The van der Waals surface area contributed by atoms with Gasteiger partial charge >= 0.3 is 0 Å². The van der Waals surface area contributed by atoms with E-state index in [0.29, 0.717) is 29.4 Å². The van der Waals surface area contributed by atoms with Crippen LogP contribution in [-0.4, -0.2) is 28.6 Å². The summed E-state index contributed by atoms with van der Waals surface area (Å²) in [5.41, 5.74) is 3.26. The molecule has 29 heavy (non-hydrogen) atoms. The monoisotopic (exact) mass is 390 g/mol. The lowest BCUT2D eigenvalue weighted by molar-refractivity contribution is 0.0955. The van der Waals surface area contributed by atoms with Crippen molar-refractivity contribution in [2.75, 3.05) is 11.9 Å². The molecule has 0 atom stereocenters. The lowest BCUT2D eigenvalue weighted by atomic mass is 10.1. The summed E-state index contributed by atoms with van der Waals surface area (Å²) in [7, 11) is 0. The predicted octanol–water partition coefficient (Wildman–Crippen LogP) is 3.83. The Hall–Kier alpha value is -3.41. The lowest BCUT2D eigenvalue weighted by Gasteiger charge is -2.11. The van der Waals surface area contributed by atoms with Gasteiger partial charge in [-0.2, -0.15) is 5.10 Å². The van der Waals surface area contributed by atoms with Crippen LogP contribution in [-0.2, 0) is 12.8 Å². The van der Waals surface area contributed by atoms with Gasteiger partial charge in [-0.15, -0.1) is 0 Å². The van der Waals surface area contributed by atoms with Crippen molar-refractivity contribution in [3.05, 3.63) is 83.2 Å². The zero-order valence-corrected chi connectivity index (χ0v) is 16.7. The number of hydrogen-bond acceptors (Lipinski definition) is 3. The Morgan fingerprint density at radius 1 is 1.00 bits per heavy atom. The molecule has 1 aromatic heterocycles. The predicted molar refractivity (Wildman–Crippen MR) is 114 cm³/mol. The van der Waals surface area contributed by atoms with Crippen LogP contribution >= 0.6 is 0 Å². The molecular weight excluding hydrogens is 364 g/mol. The summed E-state index contributed by atoms with van der Waals surface area (Å²) in [6.07, 6.45) is 1.56. The smallest absolute Gasteiger partial charge is 0.276 e. The average Bonchev–Trinajstić information content (AvgIpc) is 3.17. The molecule has 0 bridgehead atoms. The molecule has 0 aliphatic heterocycles. The minimum Gasteiger partial charge on any atom is -0.352 e. The van der Waals surface area contributed by atoms with Crippen LogP contribution in [0, 0.1) is 5.92 Å². The molecule has 0 aliphatic carbocycles. The van der Waals surface area contributed by atoms with Gasteiger partial charge in [-0.25, -0.2) is 0 Å². The summed E-state index contributed by atoms with van der Waals surface area (Å²) < 4.78 is 0. The third kappa shape index (κ3) is 5.78. The zero-order chi connectivity index (χ0) is 20.6. The van der Waals surface area contributed by atoms with Gasteiger partial charge in [0.15, 0.2) is 5.69 Å². The van der Waals surface area contributed by atoms with Crippen LogP contribution in [0.15, 0.2) is 60.7 Å². The fourth-order valence-corrected chi connectivity index (χ4v) is 3.06. The molecule has 2 amide bonds. The molecule has 0 unspecified atom stereocenters. The van der Waals surface area contributed by atoms with E-state index in [1.165, 1.54) is 0 Å². The zero-order valence-electron chi connectivity index (χ0n) is 16.7. The summed E-state index contributed by atoms with van der Waals surface area (Å²) in [5, 5.41) is 12.7. The standard InChI is InChI=1S/C23H26N4O2/c1-16(2)14-18-15-21(27-26-18)23(29)25-20-11-7-6-10-19(20)22(28)24-13-12-17-8-4-3-5-9-17/h3-11,15-16H,12-14H2,1-2H3,(H,24,28)(H,25,29)(H,26,27). The first-order valence-electron chi connectivity index (χ1n) is 9.79. The van der Waals surface area contributed by atoms with Crippen LogP contribution in [0.3, 0.4) is 0 Å². The Morgan fingerprint density at radius 2 is 1.72 bits per heavy atom. The molecule has 0 saturated carbocycles. The molecular formula is C23H26N4O2. The van der Waals surface area contributed by atoms with Crippen molar-refractivity contribution in [1.82, 2.24) is 15.5 Å². The highest BCUT2D eigenvalue weighted by Crippen LogP contribution is 2.16. The maximum Gasteiger partial charge on any atom is 0.276 e. The lowest BCUT2D eigenvalue weighted by Crippen LogP contribution is -2.27. The second kappa shape index (κ2) is 9.68. The van der Waals surface area contributed by atoms with Gasteiger partial charge in [0.1, 0.15) is 0 Å². The second-order valence-corrected chi connectivity index (χ2v) is 7.37. The highest BCUT2D eigenvalue weighted by atomic mass is 16.2. The fraction of sp³-hybridized carbons (Fsp3) is 0.261. The highest BCUT2D eigenvalue weighted by Gasteiger charge is 2.16. The molecule has 2 aromatic carbocycles. The number of nitrogens with one attached hydrogen (secondary N) is 3. The molecule has 3 aromatic rings. The van der Waals surface area contributed by atoms with E-state index in [0.717, 1.165) is 24.1 Å². The van der Waals surface area contributed by atoms with Crippen molar-refractivity contribution in [3.63, 3.8) is 0 Å². The number of aromatic nitrogens is 2. The third-order valence-corrected chi connectivity index (χ3v) is 4.45. The van der Waals surface area contributed by atoms with Gasteiger partial charge in [0, 0.05) is 12.2 Å². The van der Waals surface area contributed by atoms with E-state index < -0.39 is 0 Å². The minimum atomic E-state index is -0.346. The summed E-state index contributed by atoms with van der Waals surface area (Å²) in [6.45, 7) is 4.73. The number of rotatable bonds is 8. The number of benzene rings is 2. The maximum atomic E-state index is 12.6. The van der Waals surface area contributed by atoms with Crippen molar-refractivity contribution in [1.29, 1.82) is 0 Å². The van der Waals surface area contributed by atoms with Gasteiger partial charge in [-0.05, 0) is 42.5 Å². The minimum absolute atomic E-state index is 0.223. The van der Waals surface area contributed by atoms with E-state index in [1.54, 1.807) is 30.3 Å². The quantitative estimate of drug-likeness (QED) is 0.546. The molecule has 0 radical (unpaired) electrons. The van der Waals surface area contributed by atoms with Crippen LogP contribution in [0.25, 0.3) is 0 Å². The number of H-pyrrole nitrogens is 1. The van der Waals surface area contributed by atoms with Crippen molar-refractivity contribution in [3.8, 4) is 0 Å². The number of aromatic amines is 1. The molecule has 150 valence electrons. The number of hydrogen-bond donors (Lipinski definition) is 3. The van der Waals surface area contributed by atoms with E-state index in [1.807, 2.05) is 30.3 Å². The normalized spacial score (nSPS) is 10.7. The molecule has 0 fully saturated rings. The summed E-state index contributed by atoms with van der Waals surface area (Å²) >= 11 is 0. The topological polar surface area (TPSA) is 86.9 Å². The summed E-state index contributed by atoms with van der Waals surface area (Å²) in [6, 6.07) is 18.7. The van der Waals surface area contributed by atoms with Crippen molar-refractivity contribution >= 4 is 17.5 Å². The van der Waals surface area contributed by atoms with Crippen LogP contribution in [0.2, 0.25) is 0 Å². The van der Waals surface area contributed by atoms with Gasteiger partial charge in [-0.1, -0.05) is 56.3 Å². The number of carbonyl (C=O) groups excluding carboxylic acids is 2. The molecule has 0 aliphatic rings. The maximum absolute atomic E-state index is 12.6. The largest absolute Gasteiger partial charge is 0.352 e. The van der Waals surface area contributed by atoms with Gasteiger partial charge in [-0.3, -0.25) is 14.7 Å². The van der Waals surface area contributed by atoms with E-state index >= 15 is 0 Å². The van der Waals surface area contributed by atoms with E-state index in [2.05, 4.69) is 34.7 Å². The fourth-order valence-electron chi connectivity index (χ4n) is 3.06. The molecule has 0 spiro atoms. The van der Waals surface area contributed by atoms with Crippen molar-refractivity contribution in [2.45, 2.75) is 26.7 Å². The van der Waals surface area contributed by atoms with Gasteiger partial charge < -0.3 is 10.6 Å². The number of amides is 2. The number of carbonyl (C=O) groups is 2. The first kappa shape index (κ1) is 20.3. The second-order valence-electron chi connectivity index (χ2n) is 7.37. The molecule has 6 heteroatoms. The Labute approximate surface area is 170 Å². The van der Waals surface area contributed by atoms with E-state index in [-0.39, 0.29) is 11.8 Å². The van der Waals surface area contributed by atoms with Crippen molar-refractivity contribution in [2.24, 2.45) is 5.92 Å². The van der Waals surface area contributed by atoms with Gasteiger partial charge in [0.05, 0.1) is 11.3 Å². The number of anilines is 1. The molecule has 3 rings (SSSR count). The average molecular weight is 390 g/mol. The van der Waals surface area contributed by atoms with Crippen molar-refractivity contribution < 1.29 is 9.59 Å². The SMILES string of the molecule is CC(C)Cc1cc(C(=O)Nc2ccccc2C(=O)NCCc2ccccc2)n[nH]1. The van der Waals surface area contributed by atoms with Crippen LogP contribution in [0.4, 0.5) is 5.69 Å². The third-order valence-electron chi connectivity index (χ3n) is 4.45. The summed E-state index contributed by atoms with van der Waals surface area (Å²) in [5.74, 6) is -0.105. The van der Waals surface area contributed by atoms with Gasteiger partial charge in [0.25, 0.3) is 11.8 Å². The Balaban J connectivity index is 1.62. The van der Waals surface area contributed by atoms with Crippen LogP contribution in [0.5, 0.6) is 0 Å². The molecule has 6 nitrogen and oxygen atoms in total. The Bertz CT molecular complexity index is 964.